The summed E-state index contributed by atoms with van der Waals surface area (Å²) in [5.74, 6) is -0.510. The van der Waals surface area contributed by atoms with Crippen molar-refractivity contribution in [1.29, 1.82) is 0 Å². The normalized spacial score (nSPS) is 13.5. The lowest BCUT2D eigenvalue weighted by molar-refractivity contribution is -0.132. The summed E-state index contributed by atoms with van der Waals surface area (Å²) in [5, 5.41) is 8.44. The first-order valence-corrected chi connectivity index (χ1v) is 11.2. The van der Waals surface area contributed by atoms with E-state index in [0.29, 0.717) is 10.8 Å². The standard InChI is InChI=1S/C26H24ClF2N3O2/c1-16(31-25(33)26(2,3)29)24(17-5-4-6-19(27)13-17)34-22-11-12-23-18(14-22)15-30-32(23)21-9-7-20(28)8-10-21/h4-16,24H,1-3H3,(H,31,33)/t16-,24-/m0/s1. The molecule has 0 aliphatic heterocycles. The van der Waals surface area contributed by atoms with Gasteiger partial charge < -0.3 is 10.1 Å². The molecule has 176 valence electrons. The van der Waals surface area contributed by atoms with Gasteiger partial charge in [-0.3, -0.25) is 4.79 Å². The van der Waals surface area contributed by atoms with Crippen LogP contribution in [0.1, 0.15) is 32.4 Å². The molecule has 1 aromatic heterocycles. The van der Waals surface area contributed by atoms with E-state index in [1.54, 1.807) is 54.2 Å². The topological polar surface area (TPSA) is 56.1 Å². The van der Waals surface area contributed by atoms with Crippen molar-refractivity contribution in [3.63, 3.8) is 0 Å². The maximum Gasteiger partial charge on any atom is 0.257 e. The second-order valence-corrected chi connectivity index (χ2v) is 9.02. The molecule has 2 atom stereocenters. The second-order valence-electron chi connectivity index (χ2n) is 8.58. The summed E-state index contributed by atoms with van der Waals surface area (Å²) in [6, 6.07) is 18.1. The van der Waals surface area contributed by atoms with Crippen LogP contribution in [0.2, 0.25) is 5.02 Å². The van der Waals surface area contributed by atoms with E-state index >= 15 is 0 Å². The van der Waals surface area contributed by atoms with Crippen LogP contribution in [-0.4, -0.2) is 27.4 Å². The lowest BCUT2D eigenvalue weighted by Gasteiger charge is -2.28. The summed E-state index contributed by atoms with van der Waals surface area (Å²) in [7, 11) is 0. The van der Waals surface area contributed by atoms with Crippen molar-refractivity contribution in [2.45, 2.75) is 38.6 Å². The molecular weight excluding hydrogens is 460 g/mol. The average molecular weight is 484 g/mol. The second kappa shape index (κ2) is 9.43. The number of nitrogens with one attached hydrogen (secondary N) is 1. The number of fused-ring (bicyclic) bond motifs is 1. The molecule has 4 rings (SSSR count). The Morgan fingerprint density at radius 1 is 1.12 bits per heavy atom. The predicted octanol–water partition coefficient (Wildman–Crippen LogP) is 6.19. The Hall–Kier alpha value is -3.45. The zero-order chi connectivity index (χ0) is 24.5. The fraction of sp³-hybridized carbons (Fsp3) is 0.231. The number of hydrogen-bond acceptors (Lipinski definition) is 3. The van der Waals surface area contributed by atoms with Gasteiger partial charge in [-0.1, -0.05) is 23.7 Å². The van der Waals surface area contributed by atoms with E-state index in [1.807, 2.05) is 18.2 Å². The van der Waals surface area contributed by atoms with Gasteiger partial charge in [0.15, 0.2) is 5.67 Å². The number of carbonyl (C=O) groups is 1. The van der Waals surface area contributed by atoms with Crippen LogP contribution in [0.3, 0.4) is 0 Å². The molecule has 8 heteroatoms. The Morgan fingerprint density at radius 3 is 2.53 bits per heavy atom. The molecule has 1 N–H and O–H groups in total. The van der Waals surface area contributed by atoms with Gasteiger partial charge in [0.2, 0.25) is 0 Å². The number of nitrogens with zero attached hydrogens (tertiary/aromatic N) is 2. The fourth-order valence-electron chi connectivity index (χ4n) is 3.62. The Balaban J connectivity index is 1.64. The van der Waals surface area contributed by atoms with Crippen LogP contribution in [0.15, 0.2) is 72.9 Å². The van der Waals surface area contributed by atoms with Crippen molar-refractivity contribution in [1.82, 2.24) is 15.1 Å². The van der Waals surface area contributed by atoms with Crippen LogP contribution in [-0.2, 0) is 4.79 Å². The van der Waals surface area contributed by atoms with Crippen molar-refractivity contribution >= 4 is 28.4 Å². The third-order valence-corrected chi connectivity index (χ3v) is 5.64. The molecule has 0 radical (unpaired) electrons. The molecular formula is C26H24ClF2N3O2. The van der Waals surface area contributed by atoms with E-state index in [4.69, 9.17) is 16.3 Å². The molecule has 3 aromatic carbocycles. The average Bonchev–Trinajstić information content (AvgIpc) is 3.20. The molecule has 5 nitrogen and oxygen atoms in total. The van der Waals surface area contributed by atoms with Gasteiger partial charge in [0, 0.05) is 10.4 Å². The first kappa shape index (κ1) is 23.7. The quantitative estimate of drug-likeness (QED) is 0.341. The minimum Gasteiger partial charge on any atom is -0.484 e. The van der Waals surface area contributed by atoms with E-state index in [0.717, 1.165) is 22.2 Å². The monoisotopic (exact) mass is 483 g/mol. The van der Waals surface area contributed by atoms with Crippen LogP contribution >= 0.6 is 11.6 Å². The maximum absolute atomic E-state index is 14.1. The number of rotatable bonds is 7. The molecule has 0 spiro atoms. The van der Waals surface area contributed by atoms with Gasteiger partial charge in [-0.05, 0) is 80.9 Å². The molecule has 0 bridgehead atoms. The molecule has 4 aromatic rings. The Labute approximate surface area is 201 Å². The summed E-state index contributed by atoms with van der Waals surface area (Å²) in [4.78, 5) is 12.3. The fourth-order valence-corrected chi connectivity index (χ4v) is 3.81. The minimum absolute atomic E-state index is 0.319. The van der Waals surface area contributed by atoms with Crippen LogP contribution in [0.4, 0.5) is 8.78 Å². The van der Waals surface area contributed by atoms with Crippen molar-refractivity contribution in [2.24, 2.45) is 0 Å². The third kappa shape index (κ3) is 5.20. The first-order valence-electron chi connectivity index (χ1n) is 10.8. The number of carbonyl (C=O) groups excluding carboxylic acids is 1. The smallest absolute Gasteiger partial charge is 0.257 e. The number of aromatic nitrogens is 2. The first-order chi connectivity index (χ1) is 16.1. The zero-order valence-electron chi connectivity index (χ0n) is 18.9. The van der Waals surface area contributed by atoms with Crippen molar-refractivity contribution in [3.05, 3.63) is 89.3 Å². The number of hydrogen-bond donors (Lipinski definition) is 1. The third-order valence-electron chi connectivity index (χ3n) is 5.40. The largest absolute Gasteiger partial charge is 0.484 e. The number of ether oxygens (including phenoxy) is 1. The minimum atomic E-state index is -2.03. The highest BCUT2D eigenvalue weighted by Gasteiger charge is 2.31. The van der Waals surface area contributed by atoms with E-state index in [2.05, 4.69) is 10.4 Å². The van der Waals surface area contributed by atoms with E-state index in [9.17, 15) is 13.6 Å². The maximum atomic E-state index is 14.1. The Bertz CT molecular complexity index is 1320. The van der Waals surface area contributed by atoms with Gasteiger partial charge >= 0.3 is 0 Å². The number of halogens is 3. The summed E-state index contributed by atoms with van der Waals surface area (Å²) in [6.07, 6.45) is 1.06. The van der Waals surface area contributed by atoms with Gasteiger partial charge in [-0.15, -0.1) is 0 Å². The van der Waals surface area contributed by atoms with Gasteiger partial charge in [0.05, 0.1) is 23.4 Å². The Morgan fingerprint density at radius 2 is 1.85 bits per heavy atom. The van der Waals surface area contributed by atoms with Crippen molar-refractivity contribution < 1.29 is 18.3 Å². The highest BCUT2D eigenvalue weighted by Crippen LogP contribution is 2.30. The van der Waals surface area contributed by atoms with E-state index < -0.39 is 23.7 Å². The molecule has 34 heavy (non-hydrogen) atoms. The molecule has 1 heterocycles. The number of amides is 1. The highest BCUT2D eigenvalue weighted by atomic mass is 35.5. The summed E-state index contributed by atoms with van der Waals surface area (Å²) in [6.45, 7) is 4.16. The molecule has 0 unspecified atom stereocenters. The Kier molecular flexibility index (Phi) is 6.57. The summed E-state index contributed by atoms with van der Waals surface area (Å²) < 4.78 is 35.4. The van der Waals surface area contributed by atoms with Gasteiger partial charge in [0.1, 0.15) is 17.7 Å². The molecule has 0 aliphatic carbocycles. The van der Waals surface area contributed by atoms with Crippen molar-refractivity contribution in [2.75, 3.05) is 0 Å². The molecule has 1 amide bonds. The van der Waals surface area contributed by atoms with Gasteiger partial charge in [-0.25, -0.2) is 13.5 Å². The SMILES string of the molecule is C[C@H](NC(=O)C(C)(C)F)[C@H](Oc1ccc2c(cnn2-c2ccc(F)cc2)c1)c1cccc(Cl)c1. The molecule has 0 saturated heterocycles. The van der Waals surface area contributed by atoms with Crippen LogP contribution in [0.25, 0.3) is 16.6 Å². The summed E-state index contributed by atoms with van der Waals surface area (Å²) >= 11 is 6.19. The number of benzene rings is 3. The zero-order valence-corrected chi connectivity index (χ0v) is 19.7. The van der Waals surface area contributed by atoms with Gasteiger partial charge in [0.25, 0.3) is 5.91 Å². The van der Waals surface area contributed by atoms with Crippen molar-refractivity contribution in [3.8, 4) is 11.4 Å². The molecule has 0 saturated carbocycles. The summed E-state index contributed by atoms with van der Waals surface area (Å²) in [5.41, 5.74) is 0.256. The van der Waals surface area contributed by atoms with E-state index in [-0.39, 0.29) is 5.82 Å². The van der Waals surface area contributed by atoms with Crippen LogP contribution in [0, 0.1) is 5.82 Å². The number of alkyl halides is 1. The lowest BCUT2D eigenvalue weighted by Crippen LogP contribution is -2.46. The predicted molar refractivity (Wildman–Crippen MR) is 129 cm³/mol. The van der Waals surface area contributed by atoms with E-state index in [1.165, 1.54) is 26.0 Å². The molecule has 0 aliphatic rings. The lowest BCUT2D eigenvalue weighted by atomic mass is 10.0. The van der Waals surface area contributed by atoms with Crippen LogP contribution in [0.5, 0.6) is 5.75 Å². The highest BCUT2D eigenvalue weighted by molar-refractivity contribution is 6.30. The van der Waals surface area contributed by atoms with Crippen LogP contribution < -0.4 is 10.1 Å². The van der Waals surface area contributed by atoms with Gasteiger partial charge in [-0.2, -0.15) is 5.10 Å². The molecule has 0 fully saturated rings.